The molecule has 0 saturated carbocycles. The first-order chi connectivity index (χ1) is 18.8. The number of fused-ring (bicyclic) bond motifs is 1. The van der Waals surface area contributed by atoms with Gasteiger partial charge in [0.2, 0.25) is 17.5 Å². The highest BCUT2D eigenvalue weighted by molar-refractivity contribution is 5.93. The van der Waals surface area contributed by atoms with Crippen LogP contribution in [0.15, 0.2) is 47.4 Å². The molecule has 12 heteroatoms. The van der Waals surface area contributed by atoms with E-state index < -0.39 is 83.5 Å². The lowest BCUT2D eigenvalue weighted by Crippen LogP contribution is -2.46. The van der Waals surface area contributed by atoms with Crippen LogP contribution in [0.3, 0.4) is 0 Å². The van der Waals surface area contributed by atoms with Gasteiger partial charge in [-0.3, -0.25) is 19.2 Å². The molecule has 0 fully saturated rings. The number of carbonyl (C=O) groups excluding carboxylic acids is 3. The van der Waals surface area contributed by atoms with Crippen LogP contribution in [0.1, 0.15) is 41.0 Å². The van der Waals surface area contributed by atoms with Crippen molar-refractivity contribution in [2.45, 2.75) is 59.2 Å². The molecule has 1 N–H and O–H groups in total. The van der Waals surface area contributed by atoms with Gasteiger partial charge in [0.15, 0.2) is 23.2 Å². The third kappa shape index (κ3) is 8.39. The molecule has 0 bridgehead atoms. The van der Waals surface area contributed by atoms with Crippen molar-refractivity contribution >= 4 is 28.4 Å². The smallest absolute Gasteiger partial charge is 0.308 e. The second-order valence-electron chi connectivity index (χ2n) is 9.30. The van der Waals surface area contributed by atoms with Gasteiger partial charge < -0.3 is 19.4 Å². The highest BCUT2D eigenvalue weighted by Gasteiger charge is 2.29. The fraction of sp³-hybridized carbons (Fsp3) is 0.357. The lowest BCUT2D eigenvalue weighted by Gasteiger charge is -2.22. The van der Waals surface area contributed by atoms with Crippen molar-refractivity contribution in [3.05, 3.63) is 76.2 Å². The Morgan fingerprint density at radius 2 is 1.57 bits per heavy atom. The van der Waals surface area contributed by atoms with Crippen LogP contribution in [0.4, 0.5) is 17.6 Å². The summed E-state index contributed by atoms with van der Waals surface area (Å²) in [6.07, 6.45) is 0.683. The van der Waals surface area contributed by atoms with Crippen molar-refractivity contribution in [2.75, 3.05) is 6.61 Å². The molecule has 8 nitrogen and oxygen atoms in total. The zero-order chi connectivity index (χ0) is 30.2. The lowest BCUT2D eigenvalue weighted by atomic mass is 10.1. The number of aromatic nitrogens is 1. The first kappa shape index (κ1) is 32.0. The minimum absolute atomic E-state index is 0.0282. The SMILES string of the molecule is CC.CC(C)(C)OC(=O)CC(NC(=O)Cn1ccc2ccccc2c1=O)C(=O)COc1c(F)c(F)cc(F)c1F. The van der Waals surface area contributed by atoms with Crippen molar-refractivity contribution in [1.29, 1.82) is 0 Å². The fourth-order valence-corrected chi connectivity index (χ4v) is 3.47. The predicted octanol–water partition coefficient (Wildman–Crippen LogP) is 4.45. The van der Waals surface area contributed by atoms with Gasteiger partial charge in [0.25, 0.3) is 5.56 Å². The van der Waals surface area contributed by atoms with Gasteiger partial charge in [-0.25, -0.2) is 8.78 Å². The van der Waals surface area contributed by atoms with E-state index in [1.165, 1.54) is 6.20 Å². The highest BCUT2D eigenvalue weighted by atomic mass is 19.2. The number of Topliss-reactive ketones (excluding diaryl/α,β-unsaturated/α-hetero) is 1. The number of halogens is 4. The van der Waals surface area contributed by atoms with Crippen LogP contribution in [0.25, 0.3) is 10.8 Å². The molecule has 0 radical (unpaired) electrons. The van der Waals surface area contributed by atoms with E-state index in [2.05, 4.69) is 10.1 Å². The molecule has 3 rings (SSSR count). The summed E-state index contributed by atoms with van der Waals surface area (Å²) in [4.78, 5) is 50.5. The molecule has 1 heterocycles. The van der Waals surface area contributed by atoms with E-state index in [1.807, 2.05) is 13.8 Å². The molecule has 0 aliphatic rings. The summed E-state index contributed by atoms with van der Waals surface area (Å²) in [5.74, 6) is -11.5. The first-order valence-corrected chi connectivity index (χ1v) is 12.3. The van der Waals surface area contributed by atoms with E-state index in [4.69, 9.17) is 4.74 Å². The zero-order valence-electron chi connectivity index (χ0n) is 22.6. The molecule has 1 aromatic heterocycles. The van der Waals surface area contributed by atoms with E-state index in [1.54, 1.807) is 51.1 Å². The van der Waals surface area contributed by atoms with Gasteiger partial charge in [-0.2, -0.15) is 8.78 Å². The molecule has 40 heavy (non-hydrogen) atoms. The van der Waals surface area contributed by atoms with E-state index in [9.17, 15) is 36.7 Å². The molecule has 0 aliphatic carbocycles. The summed E-state index contributed by atoms with van der Waals surface area (Å²) < 4.78 is 65.6. The number of ether oxygens (including phenoxy) is 2. The molecule has 0 saturated heterocycles. The Bertz CT molecular complexity index is 1420. The van der Waals surface area contributed by atoms with Crippen molar-refractivity contribution < 1.29 is 41.4 Å². The number of pyridine rings is 1. The highest BCUT2D eigenvalue weighted by Crippen LogP contribution is 2.26. The monoisotopic (exact) mass is 566 g/mol. The Kier molecular flexibility index (Phi) is 11.0. The van der Waals surface area contributed by atoms with Crippen LogP contribution in [0.5, 0.6) is 5.75 Å². The molecule has 0 spiro atoms. The van der Waals surface area contributed by atoms with Gasteiger partial charge in [0, 0.05) is 17.6 Å². The number of hydrogen-bond donors (Lipinski definition) is 1. The normalized spacial score (nSPS) is 11.7. The van der Waals surface area contributed by atoms with Crippen LogP contribution in [-0.2, 0) is 25.7 Å². The summed E-state index contributed by atoms with van der Waals surface area (Å²) in [5, 5.41) is 3.28. The summed E-state index contributed by atoms with van der Waals surface area (Å²) in [6, 6.07) is 6.66. The number of rotatable bonds is 9. The quantitative estimate of drug-likeness (QED) is 0.233. The van der Waals surface area contributed by atoms with E-state index >= 15 is 0 Å². The Morgan fingerprint density at radius 1 is 0.975 bits per heavy atom. The maximum Gasteiger partial charge on any atom is 0.308 e. The molecular weight excluding hydrogens is 536 g/mol. The second-order valence-corrected chi connectivity index (χ2v) is 9.30. The van der Waals surface area contributed by atoms with Crippen LogP contribution in [0.2, 0.25) is 0 Å². The molecule has 0 aliphatic heterocycles. The van der Waals surface area contributed by atoms with E-state index in [0.717, 1.165) is 4.57 Å². The Hall–Kier alpha value is -4.22. The predicted molar refractivity (Wildman–Crippen MR) is 139 cm³/mol. The Labute approximate surface area is 227 Å². The number of hydrogen-bond acceptors (Lipinski definition) is 6. The Morgan fingerprint density at radius 3 is 2.17 bits per heavy atom. The largest absolute Gasteiger partial charge is 0.479 e. The van der Waals surface area contributed by atoms with Gasteiger partial charge in [-0.1, -0.05) is 32.0 Å². The average molecular weight is 567 g/mol. The molecular formula is C28H30F4N2O6. The van der Waals surface area contributed by atoms with E-state index in [0.29, 0.717) is 10.8 Å². The number of ketones is 1. The van der Waals surface area contributed by atoms with Gasteiger partial charge in [-0.15, -0.1) is 0 Å². The average Bonchev–Trinajstić information content (AvgIpc) is 2.89. The molecule has 216 valence electrons. The minimum atomic E-state index is -1.86. The van der Waals surface area contributed by atoms with Gasteiger partial charge in [0.1, 0.15) is 24.8 Å². The number of amides is 1. The van der Waals surface area contributed by atoms with Gasteiger partial charge >= 0.3 is 5.97 Å². The summed E-state index contributed by atoms with van der Waals surface area (Å²) >= 11 is 0. The summed E-state index contributed by atoms with van der Waals surface area (Å²) in [6.45, 7) is 7.03. The second kappa shape index (κ2) is 13.7. The third-order valence-corrected chi connectivity index (χ3v) is 5.15. The molecule has 1 unspecified atom stereocenters. The first-order valence-electron chi connectivity index (χ1n) is 12.3. The molecule has 1 atom stereocenters. The van der Waals surface area contributed by atoms with Crippen molar-refractivity contribution in [3.8, 4) is 5.75 Å². The van der Waals surface area contributed by atoms with Crippen LogP contribution in [0, 0.1) is 23.3 Å². The van der Waals surface area contributed by atoms with Gasteiger partial charge in [-0.05, 0) is 38.3 Å². The number of nitrogens with zero attached hydrogens (tertiary/aromatic N) is 1. The fourth-order valence-electron chi connectivity index (χ4n) is 3.47. The van der Waals surface area contributed by atoms with Crippen molar-refractivity contribution in [1.82, 2.24) is 9.88 Å². The maximum absolute atomic E-state index is 13.9. The number of esters is 1. The summed E-state index contributed by atoms with van der Waals surface area (Å²) in [5.41, 5.74) is -1.41. The maximum atomic E-state index is 13.9. The number of benzene rings is 2. The Balaban J connectivity index is 0.00000274. The van der Waals surface area contributed by atoms with Crippen molar-refractivity contribution in [3.63, 3.8) is 0 Å². The zero-order valence-corrected chi connectivity index (χ0v) is 22.6. The third-order valence-electron chi connectivity index (χ3n) is 5.15. The minimum Gasteiger partial charge on any atom is -0.479 e. The molecule has 1 amide bonds. The van der Waals surface area contributed by atoms with Crippen LogP contribution < -0.4 is 15.6 Å². The number of carbonyl (C=O) groups is 3. The van der Waals surface area contributed by atoms with Crippen LogP contribution >= 0.6 is 0 Å². The summed E-state index contributed by atoms with van der Waals surface area (Å²) in [7, 11) is 0. The topological polar surface area (TPSA) is 104 Å². The van der Waals surface area contributed by atoms with Crippen LogP contribution in [-0.4, -0.2) is 40.5 Å². The molecule has 2 aromatic carbocycles. The van der Waals surface area contributed by atoms with Crippen molar-refractivity contribution in [2.24, 2.45) is 0 Å². The lowest BCUT2D eigenvalue weighted by molar-refractivity contribution is -0.156. The number of nitrogens with one attached hydrogen (secondary N) is 1. The van der Waals surface area contributed by atoms with E-state index in [-0.39, 0.29) is 6.07 Å². The molecule has 3 aromatic rings. The van der Waals surface area contributed by atoms with Gasteiger partial charge in [0.05, 0.1) is 6.42 Å². The standard InChI is InChI=1S/C26H24F4N2O6.C2H6/c1-26(2,3)38-21(35)11-18(19(33)13-37-24-22(29)16(27)10-17(28)23(24)30)31-20(34)12-32-9-8-14-6-4-5-7-15(14)25(32)36;1-2/h4-10,18H,11-13H2,1-3H3,(H,31,34);1-2H3.